The highest BCUT2D eigenvalue weighted by Gasteiger charge is 2.20. The Hall–Kier alpha value is -2.42. The topological polar surface area (TPSA) is 114 Å². The SMILES string of the molecule is CC(C)(CC(=O)[O-])NC(=O)NCCCCN1CCN(c2ncccn2)CC1. The molecule has 0 saturated carbocycles. The van der Waals surface area contributed by atoms with Gasteiger partial charge in [0, 0.05) is 63.0 Å². The summed E-state index contributed by atoms with van der Waals surface area (Å²) in [6.45, 7) is 8.64. The quantitative estimate of drug-likeness (QED) is 0.563. The maximum Gasteiger partial charge on any atom is 0.315 e. The lowest BCUT2D eigenvalue weighted by molar-refractivity contribution is -0.306. The Kier molecular flexibility index (Phi) is 7.78. The van der Waals surface area contributed by atoms with Crippen LogP contribution in [-0.2, 0) is 4.79 Å². The largest absolute Gasteiger partial charge is 0.550 e. The van der Waals surface area contributed by atoms with Crippen LogP contribution in [0.2, 0.25) is 0 Å². The van der Waals surface area contributed by atoms with E-state index in [1.54, 1.807) is 26.2 Å². The minimum absolute atomic E-state index is 0.222. The van der Waals surface area contributed by atoms with E-state index >= 15 is 0 Å². The molecular weight excluding hydrogens is 348 g/mol. The molecule has 1 fully saturated rings. The van der Waals surface area contributed by atoms with E-state index < -0.39 is 11.5 Å². The number of carbonyl (C=O) groups excluding carboxylic acids is 2. The van der Waals surface area contributed by atoms with Crippen molar-refractivity contribution in [1.29, 1.82) is 0 Å². The molecule has 0 aromatic carbocycles. The monoisotopic (exact) mass is 377 g/mol. The third-order valence-electron chi connectivity index (χ3n) is 4.43. The molecule has 0 radical (unpaired) electrons. The molecule has 9 heteroatoms. The molecule has 2 rings (SSSR count). The molecule has 1 saturated heterocycles. The average Bonchev–Trinajstić information content (AvgIpc) is 2.61. The van der Waals surface area contributed by atoms with Crippen LogP contribution in [0, 0.1) is 0 Å². The Balaban J connectivity index is 1.55. The van der Waals surface area contributed by atoms with Gasteiger partial charge in [-0.3, -0.25) is 4.90 Å². The van der Waals surface area contributed by atoms with Crippen molar-refractivity contribution in [2.45, 2.75) is 38.6 Å². The number of aliphatic carboxylic acids is 1. The van der Waals surface area contributed by atoms with E-state index in [-0.39, 0.29) is 12.5 Å². The van der Waals surface area contributed by atoms with Crippen LogP contribution in [0.15, 0.2) is 18.5 Å². The normalized spacial score (nSPS) is 15.4. The van der Waals surface area contributed by atoms with Crippen molar-refractivity contribution >= 4 is 17.9 Å². The van der Waals surface area contributed by atoms with Gasteiger partial charge < -0.3 is 25.4 Å². The highest BCUT2D eigenvalue weighted by atomic mass is 16.4. The number of rotatable bonds is 9. The maximum atomic E-state index is 11.8. The van der Waals surface area contributed by atoms with E-state index in [4.69, 9.17) is 0 Å². The van der Waals surface area contributed by atoms with Crippen LogP contribution in [0.3, 0.4) is 0 Å². The fourth-order valence-corrected chi connectivity index (χ4v) is 3.04. The van der Waals surface area contributed by atoms with Crippen LogP contribution in [0.1, 0.15) is 33.1 Å². The third kappa shape index (κ3) is 7.78. The molecule has 1 aliphatic rings. The standard InChI is InChI=1S/C18H30N6O3/c1-18(2,14-15(25)26)22-17(27)21-6-3-4-9-23-10-12-24(13-11-23)16-19-7-5-8-20-16/h5,7-8H,3-4,6,9-14H2,1-2H3,(H,25,26)(H2,21,22,27)/p-1. The number of carboxylic acid groups (broad SMARTS) is 1. The van der Waals surface area contributed by atoms with E-state index in [0.29, 0.717) is 6.54 Å². The highest BCUT2D eigenvalue weighted by Crippen LogP contribution is 2.10. The zero-order valence-corrected chi connectivity index (χ0v) is 16.1. The van der Waals surface area contributed by atoms with Crippen LogP contribution >= 0.6 is 0 Å². The number of carboxylic acids is 1. The Bertz CT molecular complexity index is 602. The number of piperazine rings is 1. The second-order valence-corrected chi connectivity index (χ2v) is 7.40. The predicted molar refractivity (Wildman–Crippen MR) is 100 cm³/mol. The average molecular weight is 377 g/mol. The molecule has 2 heterocycles. The van der Waals surface area contributed by atoms with Crippen molar-refractivity contribution in [2.24, 2.45) is 0 Å². The van der Waals surface area contributed by atoms with Gasteiger partial charge in [0.1, 0.15) is 0 Å². The van der Waals surface area contributed by atoms with Gasteiger partial charge >= 0.3 is 6.03 Å². The number of hydrogen-bond acceptors (Lipinski definition) is 7. The Morgan fingerprint density at radius 2 is 1.81 bits per heavy atom. The molecule has 2 N–H and O–H groups in total. The third-order valence-corrected chi connectivity index (χ3v) is 4.43. The van der Waals surface area contributed by atoms with Crippen LogP contribution in [-0.4, -0.2) is 71.7 Å². The van der Waals surface area contributed by atoms with E-state index in [9.17, 15) is 14.7 Å². The first-order chi connectivity index (χ1) is 12.9. The van der Waals surface area contributed by atoms with E-state index in [1.807, 2.05) is 6.07 Å². The Labute approximate surface area is 160 Å². The van der Waals surface area contributed by atoms with Gasteiger partial charge in [-0.1, -0.05) is 0 Å². The molecule has 0 unspecified atom stereocenters. The lowest BCUT2D eigenvalue weighted by atomic mass is 10.0. The molecule has 150 valence electrons. The van der Waals surface area contributed by atoms with E-state index in [1.165, 1.54) is 0 Å². The summed E-state index contributed by atoms with van der Waals surface area (Å²) in [5.41, 5.74) is -0.828. The smallest absolute Gasteiger partial charge is 0.315 e. The number of aromatic nitrogens is 2. The van der Waals surface area contributed by atoms with Gasteiger partial charge in [-0.2, -0.15) is 0 Å². The van der Waals surface area contributed by atoms with Gasteiger partial charge in [0.15, 0.2) is 0 Å². The first kappa shape index (κ1) is 20.9. The summed E-state index contributed by atoms with van der Waals surface area (Å²) in [7, 11) is 0. The summed E-state index contributed by atoms with van der Waals surface area (Å²) in [4.78, 5) is 35.6. The minimum Gasteiger partial charge on any atom is -0.550 e. The fourth-order valence-electron chi connectivity index (χ4n) is 3.04. The second-order valence-electron chi connectivity index (χ2n) is 7.40. The molecule has 0 bridgehead atoms. The number of amides is 2. The summed E-state index contributed by atoms with van der Waals surface area (Å²) in [6.07, 6.45) is 5.16. The predicted octanol–water partition coefficient (Wildman–Crippen LogP) is -0.403. The Morgan fingerprint density at radius 1 is 1.15 bits per heavy atom. The molecule has 27 heavy (non-hydrogen) atoms. The lowest BCUT2D eigenvalue weighted by Gasteiger charge is -2.34. The number of anilines is 1. The number of urea groups is 1. The fraction of sp³-hybridized carbons (Fsp3) is 0.667. The number of nitrogens with zero attached hydrogens (tertiary/aromatic N) is 4. The van der Waals surface area contributed by atoms with Crippen molar-refractivity contribution < 1.29 is 14.7 Å². The van der Waals surface area contributed by atoms with Crippen LogP contribution in [0.4, 0.5) is 10.7 Å². The van der Waals surface area contributed by atoms with Crippen molar-refractivity contribution in [2.75, 3.05) is 44.2 Å². The molecule has 1 aliphatic heterocycles. The van der Waals surface area contributed by atoms with Gasteiger partial charge in [-0.05, 0) is 39.3 Å². The molecule has 1 aromatic heterocycles. The molecule has 0 atom stereocenters. The van der Waals surface area contributed by atoms with Gasteiger partial charge in [-0.25, -0.2) is 14.8 Å². The molecular formula is C18H29N6O3-. The maximum absolute atomic E-state index is 11.8. The summed E-state index contributed by atoms with van der Waals surface area (Å²) in [5, 5.41) is 16.1. The first-order valence-electron chi connectivity index (χ1n) is 9.36. The number of nitrogens with one attached hydrogen (secondary N) is 2. The number of hydrogen-bond donors (Lipinski definition) is 2. The van der Waals surface area contributed by atoms with Gasteiger partial charge in [-0.15, -0.1) is 0 Å². The second kappa shape index (κ2) is 10.1. The van der Waals surface area contributed by atoms with E-state index in [0.717, 1.165) is 51.5 Å². The number of unbranched alkanes of at least 4 members (excludes halogenated alkanes) is 1. The molecule has 2 amide bonds. The van der Waals surface area contributed by atoms with Crippen molar-refractivity contribution in [3.8, 4) is 0 Å². The van der Waals surface area contributed by atoms with Gasteiger partial charge in [0.05, 0.1) is 0 Å². The van der Waals surface area contributed by atoms with Crippen LogP contribution in [0.25, 0.3) is 0 Å². The first-order valence-corrected chi connectivity index (χ1v) is 9.36. The van der Waals surface area contributed by atoms with Crippen molar-refractivity contribution in [3.05, 3.63) is 18.5 Å². The minimum atomic E-state index is -1.18. The summed E-state index contributed by atoms with van der Waals surface area (Å²) in [5.74, 6) is -0.395. The lowest BCUT2D eigenvalue weighted by Crippen LogP contribution is -2.51. The summed E-state index contributed by atoms with van der Waals surface area (Å²) < 4.78 is 0. The highest BCUT2D eigenvalue weighted by molar-refractivity contribution is 5.76. The summed E-state index contributed by atoms with van der Waals surface area (Å²) in [6, 6.07) is 1.47. The Morgan fingerprint density at radius 3 is 2.44 bits per heavy atom. The zero-order valence-electron chi connectivity index (χ0n) is 16.1. The summed E-state index contributed by atoms with van der Waals surface area (Å²) >= 11 is 0. The van der Waals surface area contributed by atoms with Crippen molar-refractivity contribution in [1.82, 2.24) is 25.5 Å². The molecule has 1 aromatic rings. The molecule has 0 aliphatic carbocycles. The van der Waals surface area contributed by atoms with E-state index in [2.05, 4.69) is 30.4 Å². The van der Waals surface area contributed by atoms with Crippen LogP contribution in [0.5, 0.6) is 0 Å². The van der Waals surface area contributed by atoms with Gasteiger partial charge in [0.25, 0.3) is 0 Å². The van der Waals surface area contributed by atoms with Crippen molar-refractivity contribution in [3.63, 3.8) is 0 Å². The molecule has 0 spiro atoms. The number of carbonyl (C=O) groups is 2. The van der Waals surface area contributed by atoms with Crippen LogP contribution < -0.4 is 20.6 Å². The zero-order chi connectivity index (χ0) is 19.7. The van der Waals surface area contributed by atoms with Gasteiger partial charge in [0.2, 0.25) is 5.95 Å². The molecule has 9 nitrogen and oxygen atoms in total.